The minimum atomic E-state index is -0.336. The van der Waals surface area contributed by atoms with Gasteiger partial charge < -0.3 is 10.2 Å². The first-order chi connectivity index (χ1) is 11.0. The molecule has 1 aliphatic heterocycles. The van der Waals surface area contributed by atoms with Gasteiger partial charge >= 0.3 is 0 Å². The van der Waals surface area contributed by atoms with Crippen molar-refractivity contribution < 1.29 is 9.59 Å². The minimum absolute atomic E-state index is 0.0131. The highest BCUT2D eigenvalue weighted by Gasteiger charge is 2.34. The molecule has 1 aromatic carbocycles. The molecule has 1 aliphatic rings. The number of rotatable bonds is 4. The summed E-state index contributed by atoms with van der Waals surface area (Å²) in [7, 11) is 0. The van der Waals surface area contributed by atoms with Gasteiger partial charge in [-0.2, -0.15) is 0 Å². The third-order valence-electron chi connectivity index (χ3n) is 3.84. The molecular formula is C16H18N4O2S. The van der Waals surface area contributed by atoms with E-state index in [0.29, 0.717) is 18.2 Å². The van der Waals surface area contributed by atoms with E-state index in [2.05, 4.69) is 15.5 Å². The molecule has 1 aromatic heterocycles. The maximum atomic E-state index is 12.3. The van der Waals surface area contributed by atoms with Crippen LogP contribution in [0.3, 0.4) is 0 Å². The van der Waals surface area contributed by atoms with Crippen molar-refractivity contribution in [3.63, 3.8) is 0 Å². The van der Waals surface area contributed by atoms with Crippen LogP contribution in [0.4, 0.5) is 5.13 Å². The first-order valence-electron chi connectivity index (χ1n) is 7.45. The number of amides is 2. The zero-order chi connectivity index (χ0) is 16.4. The number of carbonyl (C=O) groups excluding carboxylic acids is 2. The number of benzene rings is 1. The van der Waals surface area contributed by atoms with Gasteiger partial charge in [0.1, 0.15) is 5.01 Å². The first kappa shape index (κ1) is 15.6. The molecule has 3 rings (SSSR count). The van der Waals surface area contributed by atoms with Crippen LogP contribution < -0.4 is 5.32 Å². The average Bonchev–Trinajstić information content (AvgIpc) is 3.08. The van der Waals surface area contributed by atoms with Crippen LogP contribution in [-0.2, 0) is 16.1 Å². The van der Waals surface area contributed by atoms with E-state index >= 15 is 0 Å². The number of carbonyl (C=O) groups is 2. The van der Waals surface area contributed by atoms with Gasteiger partial charge in [-0.05, 0) is 19.4 Å². The fourth-order valence-electron chi connectivity index (χ4n) is 2.57. The molecular weight excluding hydrogens is 312 g/mol. The topological polar surface area (TPSA) is 75.2 Å². The molecule has 120 valence electrons. The lowest BCUT2D eigenvalue weighted by Crippen LogP contribution is -2.28. The van der Waals surface area contributed by atoms with Crippen molar-refractivity contribution in [1.82, 2.24) is 15.1 Å². The number of hydrogen-bond donors (Lipinski definition) is 1. The molecule has 1 atom stereocenters. The highest BCUT2D eigenvalue weighted by Crippen LogP contribution is 2.23. The van der Waals surface area contributed by atoms with E-state index in [-0.39, 0.29) is 24.2 Å². The third kappa shape index (κ3) is 3.73. The summed E-state index contributed by atoms with van der Waals surface area (Å²) >= 11 is 1.33. The van der Waals surface area contributed by atoms with Crippen LogP contribution in [0.5, 0.6) is 0 Å². The number of hydrogen-bond acceptors (Lipinski definition) is 5. The van der Waals surface area contributed by atoms with Gasteiger partial charge in [-0.1, -0.05) is 41.2 Å². The predicted molar refractivity (Wildman–Crippen MR) is 88.0 cm³/mol. The highest BCUT2D eigenvalue weighted by molar-refractivity contribution is 7.15. The van der Waals surface area contributed by atoms with Gasteiger partial charge in [-0.15, -0.1) is 10.2 Å². The van der Waals surface area contributed by atoms with Crippen molar-refractivity contribution in [3.8, 4) is 0 Å². The van der Waals surface area contributed by atoms with Gasteiger partial charge in [0.15, 0.2) is 0 Å². The van der Waals surface area contributed by atoms with E-state index in [9.17, 15) is 9.59 Å². The van der Waals surface area contributed by atoms with Crippen LogP contribution >= 0.6 is 11.3 Å². The Kier molecular flexibility index (Phi) is 4.38. The first-order valence-corrected chi connectivity index (χ1v) is 8.27. The molecule has 2 heterocycles. The Morgan fingerprint density at radius 1 is 1.30 bits per heavy atom. The van der Waals surface area contributed by atoms with E-state index in [0.717, 1.165) is 10.6 Å². The molecule has 2 amide bonds. The van der Waals surface area contributed by atoms with E-state index in [1.807, 2.05) is 38.1 Å². The molecule has 0 bridgehead atoms. The lowest BCUT2D eigenvalue weighted by Gasteiger charge is -2.16. The Hall–Kier alpha value is -2.28. The number of nitrogens with one attached hydrogen (secondary N) is 1. The molecule has 1 fully saturated rings. The molecule has 2 aromatic rings. The quantitative estimate of drug-likeness (QED) is 0.932. The van der Waals surface area contributed by atoms with Gasteiger partial charge in [0.05, 0.1) is 5.92 Å². The van der Waals surface area contributed by atoms with Gasteiger partial charge in [-0.3, -0.25) is 9.59 Å². The van der Waals surface area contributed by atoms with E-state index in [1.165, 1.54) is 16.9 Å². The molecule has 0 spiro atoms. The van der Waals surface area contributed by atoms with Crippen LogP contribution in [-0.4, -0.2) is 33.5 Å². The molecule has 1 unspecified atom stereocenters. The molecule has 23 heavy (non-hydrogen) atoms. The predicted octanol–water partition coefficient (Wildman–Crippen LogP) is 2.14. The molecule has 0 saturated carbocycles. The molecule has 7 heteroatoms. The van der Waals surface area contributed by atoms with Crippen LogP contribution in [0.2, 0.25) is 0 Å². The maximum absolute atomic E-state index is 12.3. The number of aromatic nitrogens is 2. The van der Waals surface area contributed by atoms with Crippen LogP contribution in [0, 0.1) is 19.8 Å². The average molecular weight is 330 g/mol. The second-order valence-electron chi connectivity index (χ2n) is 5.78. The Balaban J connectivity index is 1.60. The maximum Gasteiger partial charge on any atom is 0.231 e. The van der Waals surface area contributed by atoms with Crippen molar-refractivity contribution in [2.24, 2.45) is 5.92 Å². The van der Waals surface area contributed by atoms with E-state index in [4.69, 9.17) is 0 Å². The van der Waals surface area contributed by atoms with Crippen LogP contribution in [0.25, 0.3) is 0 Å². The second kappa shape index (κ2) is 6.45. The summed E-state index contributed by atoms with van der Waals surface area (Å²) in [6.45, 7) is 4.84. The minimum Gasteiger partial charge on any atom is -0.338 e. The number of likely N-dealkylation sites (tertiary alicyclic amines) is 1. The smallest absolute Gasteiger partial charge is 0.231 e. The fraction of sp³-hybridized carbons (Fsp3) is 0.375. The molecule has 1 saturated heterocycles. The van der Waals surface area contributed by atoms with Crippen LogP contribution in [0.1, 0.15) is 22.6 Å². The summed E-state index contributed by atoms with van der Waals surface area (Å²) in [6, 6.07) is 8.08. The number of anilines is 1. The van der Waals surface area contributed by atoms with Gasteiger partial charge in [0.2, 0.25) is 16.9 Å². The Morgan fingerprint density at radius 2 is 2.04 bits per heavy atom. The molecule has 1 N–H and O–H groups in total. The van der Waals surface area contributed by atoms with Crippen molar-refractivity contribution in [1.29, 1.82) is 0 Å². The van der Waals surface area contributed by atoms with Gasteiger partial charge in [-0.25, -0.2) is 0 Å². The zero-order valence-electron chi connectivity index (χ0n) is 13.1. The number of nitrogens with zero attached hydrogens (tertiary/aromatic N) is 3. The Morgan fingerprint density at radius 3 is 2.70 bits per heavy atom. The highest BCUT2D eigenvalue weighted by atomic mass is 32.1. The standard InChI is InChI=1S/C16H18N4O2S/c1-10-3-5-12(6-4-10)8-20-9-13(7-14(20)21)15(22)17-16-19-18-11(2)23-16/h3-6,13H,7-9H2,1-2H3,(H,17,19,22). The largest absolute Gasteiger partial charge is 0.338 e. The fourth-order valence-corrected chi connectivity index (χ4v) is 3.16. The molecule has 0 aliphatic carbocycles. The molecule has 0 radical (unpaired) electrons. The monoisotopic (exact) mass is 330 g/mol. The van der Waals surface area contributed by atoms with Crippen molar-refractivity contribution in [3.05, 3.63) is 40.4 Å². The number of aryl methyl sites for hydroxylation is 2. The van der Waals surface area contributed by atoms with Gasteiger partial charge in [0.25, 0.3) is 0 Å². The zero-order valence-corrected chi connectivity index (χ0v) is 13.9. The lowest BCUT2D eigenvalue weighted by molar-refractivity contribution is -0.128. The normalized spacial score (nSPS) is 17.6. The van der Waals surface area contributed by atoms with Crippen molar-refractivity contribution in [2.45, 2.75) is 26.8 Å². The molecule has 6 nitrogen and oxygen atoms in total. The van der Waals surface area contributed by atoms with Crippen molar-refractivity contribution >= 4 is 28.3 Å². The summed E-state index contributed by atoms with van der Waals surface area (Å²) in [5.74, 6) is -0.489. The summed E-state index contributed by atoms with van der Waals surface area (Å²) in [5.41, 5.74) is 2.26. The summed E-state index contributed by atoms with van der Waals surface area (Å²) in [6.07, 6.45) is 0.246. The summed E-state index contributed by atoms with van der Waals surface area (Å²) in [4.78, 5) is 26.1. The second-order valence-corrected chi connectivity index (χ2v) is 6.96. The Labute approximate surface area is 138 Å². The van der Waals surface area contributed by atoms with Crippen molar-refractivity contribution in [2.75, 3.05) is 11.9 Å². The van der Waals surface area contributed by atoms with Crippen LogP contribution in [0.15, 0.2) is 24.3 Å². The van der Waals surface area contributed by atoms with Gasteiger partial charge in [0, 0.05) is 19.5 Å². The third-order valence-corrected chi connectivity index (χ3v) is 4.59. The summed E-state index contributed by atoms with van der Waals surface area (Å²) < 4.78 is 0. The lowest BCUT2D eigenvalue weighted by atomic mass is 10.1. The Bertz CT molecular complexity index is 726. The van der Waals surface area contributed by atoms with E-state index in [1.54, 1.807) is 4.90 Å². The summed E-state index contributed by atoms with van der Waals surface area (Å²) in [5, 5.41) is 11.8. The SMILES string of the molecule is Cc1ccc(CN2CC(C(=O)Nc3nnc(C)s3)CC2=O)cc1. The van der Waals surface area contributed by atoms with E-state index < -0.39 is 0 Å².